The smallest absolute Gasteiger partial charge is 0.237 e. The van der Waals surface area contributed by atoms with Crippen molar-refractivity contribution in [3.05, 3.63) is 18.7 Å². The Kier molecular flexibility index (Phi) is 13.2. The highest BCUT2D eigenvalue weighted by molar-refractivity contribution is 4.75. The first-order valence-electron chi connectivity index (χ1n) is 10.3. The molecule has 1 rings (SSSR count). The fourth-order valence-corrected chi connectivity index (χ4v) is 3.24. The van der Waals surface area contributed by atoms with Crippen molar-refractivity contribution in [1.82, 2.24) is 4.57 Å². The SMILES string of the molecule is CCCCCCCCCCCCCCCC[n+]1ccn(CC#N)c1. The maximum absolute atomic E-state index is 8.66. The van der Waals surface area contributed by atoms with Crippen LogP contribution in [0.3, 0.4) is 0 Å². The molecule has 0 unspecified atom stereocenters. The molecule has 0 saturated carbocycles. The molecule has 1 heterocycles. The lowest BCUT2D eigenvalue weighted by Crippen LogP contribution is -2.30. The molecule has 0 amide bonds. The largest absolute Gasteiger partial charge is 0.244 e. The van der Waals surface area contributed by atoms with Gasteiger partial charge in [-0.15, -0.1) is 0 Å². The molecule has 0 N–H and O–H groups in total. The molecule has 0 fully saturated rings. The number of imidazole rings is 1. The monoisotopic (exact) mass is 332 g/mol. The van der Waals surface area contributed by atoms with Gasteiger partial charge in [0.05, 0.1) is 6.54 Å². The summed E-state index contributed by atoms with van der Waals surface area (Å²) in [4.78, 5) is 0. The Morgan fingerprint density at radius 2 is 1.29 bits per heavy atom. The number of rotatable bonds is 16. The molecule has 3 heteroatoms. The maximum atomic E-state index is 8.66. The Balaban J connectivity index is 1.80. The van der Waals surface area contributed by atoms with Gasteiger partial charge < -0.3 is 0 Å². The number of nitrogens with zero attached hydrogens (tertiary/aromatic N) is 3. The van der Waals surface area contributed by atoms with Gasteiger partial charge in [-0.1, -0.05) is 84.0 Å². The second-order valence-electron chi connectivity index (χ2n) is 7.08. The molecular weight excluding hydrogens is 294 g/mol. The van der Waals surface area contributed by atoms with Gasteiger partial charge in [0.25, 0.3) is 0 Å². The number of aryl methyl sites for hydroxylation is 1. The zero-order valence-corrected chi connectivity index (χ0v) is 15.9. The minimum Gasteiger partial charge on any atom is -0.237 e. The standard InChI is InChI=1S/C21H38N3/c1-2-3-4-5-6-7-8-9-10-11-12-13-14-15-17-23-19-20-24(21-23)18-16-22/h19-21H,2-15,17-18H2,1H3/q+1. The number of nitriles is 1. The highest BCUT2D eigenvalue weighted by Gasteiger charge is 2.02. The van der Waals surface area contributed by atoms with Gasteiger partial charge in [0.15, 0.2) is 6.54 Å². The summed E-state index contributed by atoms with van der Waals surface area (Å²) in [6, 6.07) is 2.17. The van der Waals surface area contributed by atoms with Crippen LogP contribution in [0.5, 0.6) is 0 Å². The van der Waals surface area contributed by atoms with Crippen molar-refractivity contribution in [2.45, 2.75) is 110 Å². The molecule has 0 aliphatic heterocycles. The van der Waals surface area contributed by atoms with Crippen molar-refractivity contribution in [2.24, 2.45) is 0 Å². The van der Waals surface area contributed by atoms with E-state index in [2.05, 4.69) is 23.8 Å². The molecule has 136 valence electrons. The lowest BCUT2D eigenvalue weighted by Gasteiger charge is -2.03. The van der Waals surface area contributed by atoms with Crippen LogP contribution in [-0.4, -0.2) is 4.57 Å². The summed E-state index contributed by atoms with van der Waals surface area (Å²) in [7, 11) is 0. The average Bonchev–Trinajstić information content (AvgIpc) is 3.03. The molecule has 0 atom stereocenters. The average molecular weight is 333 g/mol. The molecule has 24 heavy (non-hydrogen) atoms. The first-order chi connectivity index (χ1) is 11.9. The van der Waals surface area contributed by atoms with E-state index in [4.69, 9.17) is 5.26 Å². The second-order valence-corrected chi connectivity index (χ2v) is 7.08. The van der Waals surface area contributed by atoms with E-state index < -0.39 is 0 Å². The quantitative estimate of drug-likeness (QED) is 0.279. The molecule has 0 aliphatic rings. The Morgan fingerprint density at radius 3 is 1.79 bits per heavy atom. The van der Waals surface area contributed by atoms with Crippen LogP contribution >= 0.6 is 0 Å². The Hall–Kier alpha value is -1.30. The molecule has 0 aromatic carbocycles. The van der Waals surface area contributed by atoms with E-state index in [1.165, 1.54) is 89.9 Å². The number of aromatic nitrogens is 2. The maximum Gasteiger partial charge on any atom is 0.244 e. The predicted octanol–water partition coefficient (Wildman–Crippen LogP) is 5.78. The molecule has 0 radical (unpaired) electrons. The highest BCUT2D eigenvalue weighted by Crippen LogP contribution is 2.12. The van der Waals surface area contributed by atoms with Crippen LogP contribution in [-0.2, 0) is 13.1 Å². The van der Waals surface area contributed by atoms with Gasteiger partial charge in [0, 0.05) is 0 Å². The van der Waals surface area contributed by atoms with Gasteiger partial charge in [-0.05, 0) is 12.8 Å². The minimum absolute atomic E-state index is 0.450. The van der Waals surface area contributed by atoms with Crippen molar-refractivity contribution in [2.75, 3.05) is 0 Å². The molecular formula is C21H38N3+. The van der Waals surface area contributed by atoms with Crippen molar-refractivity contribution < 1.29 is 4.57 Å². The lowest BCUT2D eigenvalue weighted by molar-refractivity contribution is -0.696. The van der Waals surface area contributed by atoms with Gasteiger partial charge in [0.2, 0.25) is 6.33 Å². The second kappa shape index (κ2) is 15.2. The Bertz CT molecular complexity index is 431. The molecule has 3 nitrogen and oxygen atoms in total. The van der Waals surface area contributed by atoms with Gasteiger partial charge >= 0.3 is 0 Å². The molecule has 0 saturated heterocycles. The number of hydrogen-bond donors (Lipinski definition) is 0. The zero-order chi connectivity index (χ0) is 17.3. The molecule has 0 spiro atoms. The molecule has 0 bridgehead atoms. The summed E-state index contributed by atoms with van der Waals surface area (Å²) in [5.41, 5.74) is 0. The topological polar surface area (TPSA) is 32.6 Å². The third-order valence-corrected chi connectivity index (χ3v) is 4.77. The van der Waals surface area contributed by atoms with E-state index in [1.54, 1.807) is 0 Å². The zero-order valence-electron chi connectivity index (χ0n) is 15.9. The fourth-order valence-electron chi connectivity index (χ4n) is 3.24. The van der Waals surface area contributed by atoms with E-state index in [0.717, 1.165) is 6.54 Å². The van der Waals surface area contributed by atoms with Gasteiger partial charge in [-0.2, -0.15) is 5.26 Å². The van der Waals surface area contributed by atoms with E-state index in [9.17, 15) is 0 Å². The summed E-state index contributed by atoms with van der Waals surface area (Å²) in [6.07, 6.45) is 25.7. The van der Waals surface area contributed by atoms with Gasteiger partial charge in [-0.3, -0.25) is 0 Å². The highest BCUT2D eigenvalue weighted by atomic mass is 15.1. The Labute approximate surface area is 149 Å². The predicted molar refractivity (Wildman–Crippen MR) is 101 cm³/mol. The van der Waals surface area contributed by atoms with Gasteiger partial charge in [-0.25, -0.2) is 9.13 Å². The normalized spacial score (nSPS) is 10.8. The summed E-state index contributed by atoms with van der Waals surface area (Å²) in [5, 5.41) is 8.66. The van der Waals surface area contributed by atoms with E-state index in [0.29, 0.717) is 6.54 Å². The minimum atomic E-state index is 0.450. The van der Waals surface area contributed by atoms with Gasteiger partial charge in [0.1, 0.15) is 18.5 Å². The van der Waals surface area contributed by atoms with Crippen molar-refractivity contribution in [1.29, 1.82) is 5.26 Å². The summed E-state index contributed by atoms with van der Waals surface area (Å²) in [5.74, 6) is 0. The van der Waals surface area contributed by atoms with Crippen molar-refractivity contribution in [3.8, 4) is 6.07 Å². The molecule has 1 aromatic heterocycles. The van der Waals surface area contributed by atoms with Crippen LogP contribution < -0.4 is 4.57 Å². The van der Waals surface area contributed by atoms with Crippen LogP contribution in [0.2, 0.25) is 0 Å². The van der Waals surface area contributed by atoms with Crippen LogP contribution in [0, 0.1) is 11.3 Å². The third-order valence-electron chi connectivity index (χ3n) is 4.77. The van der Waals surface area contributed by atoms with Crippen LogP contribution in [0.25, 0.3) is 0 Å². The molecule has 0 aliphatic carbocycles. The fraction of sp³-hybridized carbons (Fsp3) is 0.810. The van der Waals surface area contributed by atoms with Crippen molar-refractivity contribution in [3.63, 3.8) is 0 Å². The summed E-state index contributed by atoms with van der Waals surface area (Å²) < 4.78 is 4.13. The van der Waals surface area contributed by atoms with Crippen LogP contribution in [0.1, 0.15) is 96.8 Å². The number of hydrogen-bond acceptors (Lipinski definition) is 1. The first kappa shape index (κ1) is 20.7. The van der Waals surface area contributed by atoms with E-state index in [-0.39, 0.29) is 0 Å². The first-order valence-corrected chi connectivity index (χ1v) is 10.3. The lowest BCUT2D eigenvalue weighted by atomic mass is 10.0. The van der Waals surface area contributed by atoms with Crippen molar-refractivity contribution >= 4 is 0 Å². The Morgan fingerprint density at radius 1 is 0.792 bits per heavy atom. The summed E-state index contributed by atoms with van der Waals surface area (Å²) >= 11 is 0. The molecule has 1 aromatic rings. The van der Waals surface area contributed by atoms with E-state index in [1.807, 2.05) is 17.1 Å². The van der Waals surface area contributed by atoms with E-state index >= 15 is 0 Å². The number of unbranched alkanes of at least 4 members (excludes halogenated alkanes) is 13. The van der Waals surface area contributed by atoms with Crippen LogP contribution in [0.15, 0.2) is 18.7 Å². The third kappa shape index (κ3) is 11.3. The van der Waals surface area contributed by atoms with Crippen LogP contribution in [0.4, 0.5) is 0 Å². The summed E-state index contributed by atoms with van der Waals surface area (Å²) in [6.45, 7) is 3.81.